The summed E-state index contributed by atoms with van der Waals surface area (Å²) in [5, 5.41) is 17.2. The molecule has 102 valence electrons. The van der Waals surface area contributed by atoms with E-state index in [0.29, 0.717) is 18.3 Å². The highest BCUT2D eigenvalue weighted by atomic mass is 16.6. The molecule has 0 saturated heterocycles. The topological polar surface area (TPSA) is 110 Å². The maximum atomic E-state index is 11.0. The summed E-state index contributed by atoms with van der Waals surface area (Å²) >= 11 is 0. The van der Waals surface area contributed by atoms with Gasteiger partial charge in [0.25, 0.3) is 5.69 Å². The number of hydrogen-bond acceptors (Lipinski definition) is 5. The highest BCUT2D eigenvalue weighted by Crippen LogP contribution is 2.25. The highest BCUT2D eigenvalue weighted by molar-refractivity contribution is 5.94. The van der Waals surface area contributed by atoms with Crippen molar-refractivity contribution < 1.29 is 9.72 Å². The van der Waals surface area contributed by atoms with E-state index in [0.717, 1.165) is 6.54 Å². The molecule has 1 amide bonds. The first-order valence-electron chi connectivity index (χ1n) is 6.13. The van der Waals surface area contributed by atoms with Gasteiger partial charge in [-0.05, 0) is 25.0 Å². The van der Waals surface area contributed by atoms with Gasteiger partial charge in [0.05, 0.1) is 4.92 Å². The Morgan fingerprint density at radius 2 is 2.16 bits per heavy atom. The van der Waals surface area contributed by atoms with Crippen molar-refractivity contribution in [2.75, 3.05) is 18.4 Å². The van der Waals surface area contributed by atoms with E-state index in [2.05, 4.69) is 10.6 Å². The molecule has 1 aliphatic rings. The van der Waals surface area contributed by atoms with E-state index in [1.165, 1.54) is 31.0 Å². The molecule has 0 spiro atoms. The van der Waals surface area contributed by atoms with Gasteiger partial charge in [0.1, 0.15) is 5.69 Å². The lowest BCUT2D eigenvalue weighted by molar-refractivity contribution is -0.384. The predicted octanol–water partition coefficient (Wildman–Crippen LogP) is 0.858. The number of primary amides is 1. The van der Waals surface area contributed by atoms with Crippen LogP contribution in [0.3, 0.4) is 0 Å². The number of benzene rings is 1. The van der Waals surface area contributed by atoms with Crippen molar-refractivity contribution in [2.45, 2.75) is 18.9 Å². The number of carbonyl (C=O) groups is 1. The molecule has 7 nitrogen and oxygen atoms in total. The molecule has 1 saturated carbocycles. The molecule has 7 heteroatoms. The summed E-state index contributed by atoms with van der Waals surface area (Å²) in [5.41, 5.74) is 5.50. The Labute approximate surface area is 110 Å². The standard InChI is InChI=1S/C12H16N4O3/c13-12(17)8-1-4-10(11(7-8)16(18)19)15-6-5-14-9-2-3-9/h1,4,7,9,14-15H,2-3,5-6H2,(H2,13,17). The fraction of sp³-hybridized carbons (Fsp3) is 0.417. The lowest BCUT2D eigenvalue weighted by Gasteiger charge is -2.08. The van der Waals surface area contributed by atoms with Crippen molar-refractivity contribution in [3.63, 3.8) is 0 Å². The van der Waals surface area contributed by atoms with Gasteiger partial charge in [0, 0.05) is 30.8 Å². The average molecular weight is 264 g/mol. The summed E-state index contributed by atoms with van der Waals surface area (Å²) in [7, 11) is 0. The Bertz CT molecular complexity index is 500. The summed E-state index contributed by atoms with van der Waals surface area (Å²) in [6.07, 6.45) is 2.40. The van der Waals surface area contributed by atoms with Crippen LogP contribution in [-0.2, 0) is 0 Å². The largest absolute Gasteiger partial charge is 0.378 e. The minimum Gasteiger partial charge on any atom is -0.378 e. The van der Waals surface area contributed by atoms with Gasteiger partial charge >= 0.3 is 0 Å². The smallest absolute Gasteiger partial charge is 0.293 e. The minimum atomic E-state index is -0.676. The van der Waals surface area contributed by atoms with Crippen LogP contribution in [0.25, 0.3) is 0 Å². The first-order chi connectivity index (χ1) is 9.08. The van der Waals surface area contributed by atoms with Gasteiger partial charge in [-0.15, -0.1) is 0 Å². The Hall–Kier alpha value is -2.15. The van der Waals surface area contributed by atoms with Crippen molar-refractivity contribution in [1.82, 2.24) is 5.32 Å². The van der Waals surface area contributed by atoms with Crippen LogP contribution in [0.5, 0.6) is 0 Å². The Morgan fingerprint density at radius 1 is 1.42 bits per heavy atom. The number of nitrogens with zero attached hydrogens (tertiary/aromatic N) is 1. The lowest BCUT2D eigenvalue weighted by Crippen LogP contribution is -2.24. The average Bonchev–Trinajstić information content (AvgIpc) is 3.18. The van der Waals surface area contributed by atoms with Gasteiger partial charge in [0.15, 0.2) is 0 Å². The van der Waals surface area contributed by atoms with E-state index in [-0.39, 0.29) is 11.3 Å². The fourth-order valence-electron chi connectivity index (χ4n) is 1.75. The molecule has 0 aliphatic heterocycles. The van der Waals surface area contributed by atoms with Crippen molar-refractivity contribution in [3.8, 4) is 0 Å². The van der Waals surface area contributed by atoms with E-state index in [1.807, 2.05) is 0 Å². The summed E-state index contributed by atoms with van der Waals surface area (Å²) < 4.78 is 0. The number of nitro benzene ring substituents is 1. The SMILES string of the molecule is NC(=O)c1ccc(NCCNC2CC2)c([N+](=O)[O-])c1. The summed E-state index contributed by atoms with van der Waals surface area (Å²) in [6, 6.07) is 4.79. The zero-order chi connectivity index (χ0) is 13.8. The molecule has 0 radical (unpaired) electrons. The molecule has 0 heterocycles. The second-order valence-corrected chi connectivity index (χ2v) is 4.51. The van der Waals surface area contributed by atoms with E-state index in [4.69, 9.17) is 5.73 Å². The maximum Gasteiger partial charge on any atom is 0.293 e. The summed E-state index contributed by atoms with van der Waals surface area (Å²) in [5.74, 6) is -0.676. The van der Waals surface area contributed by atoms with Gasteiger partial charge in [-0.1, -0.05) is 0 Å². The molecule has 4 N–H and O–H groups in total. The van der Waals surface area contributed by atoms with Crippen LogP contribution in [0, 0.1) is 10.1 Å². The third-order valence-electron chi connectivity index (χ3n) is 2.93. The Kier molecular flexibility index (Phi) is 3.96. The predicted molar refractivity (Wildman–Crippen MR) is 71.1 cm³/mol. The zero-order valence-electron chi connectivity index (χ0n) is 10.4. The normalized spacial score (nSPS) is 14.1. The number of nitro groups is 1. The van der Waals surface area contributed by atoms with E-state index in [1.54, 1.807) is 0 Å². The monoisotopic (exact) mass is 264 g/mol. The molecule has 0 aromatic heterocycles. The minimum absolute atomic E-state index is 0.133. The molecule has 0 atom stereocenters. The van der Waals surface area contributed by atoms with Crippen LogP contribution in [0.1, 0.15) is 23.2 Å². The fourth-order valence-corrected chi connectivity index (χ4v) is 1.75. The van der Waals surface area contributed by atoms with Crippen LogP contribution >= 0.6 is 0 Å². The number of nitrogens with one attached hydrogen (secondary N) is 2. The van der Waals surface area contributed by atoms with Crippen molar-refractivity contribution in [3.05, 3.63) is 33.9 Å². The van der Waals surface area contributed by atoms with Crippen molar-refractivity contribution >= 4 is 17.3 Å². The molecule has 1 fully saturated rings. The maximum absolute atomic E-state index is 11.0. The van der Waals surface area contributed by atoms with Crippen LogP contribution in [0.2, 0.25) is 0 Å². The second kappa shape index (κ2) is 5.66. The summed E-state index contributed by atoms with van der Waals surface area (Å²) in [4.78, 5) is 21.4. The Morgan fingerprint density at radius 3 is 2.74 bits per heavy atom. The first-order valence-corrected chi connectivity index (χ1v) is 6.13. The summed E-state index contributed by atoms with van der Waals surface area (Å²) in [6.45, 7) is 1.34. The number of carbonyl (C=O) groups excluding carboxylic acids is 1. The number of hydrogen-bond donors (Lipinski definition) is 3. The van der Waals surface area contributed by atoms with E-state index >= 15 is 0 Å². The molecule has 1 aromatic rings. The molecule has 2 rings (SSSR count). The first kappa shape index (κ1) is 13.3. The number of anilines is 1. The van der Waals surface area contributed by atoms with E-state index in [9.17, 15) is 14.9 Å². The van der Waals surface area contributed by atoms with Crippen LogP contribution in [-0.4, -0.2) is 30.0 Å². The van der Waals surface area contributed by atoms with Gasteiger partial charge < -0.3 is 16.4 Å². The van der Waals surface area contributed by atoms with Gasteiger partial charge in [0.2, 0.25) is 5.91 Å². The lowest BCUT2D eigenvalue weighted by atomic mass is 10.1. The molecule has 0 unspecified atom stereocenters. The molecular formula is C12H16N4O3. The van der Waals surface area contributed by atoms with Crippen molar-refractivity contribution in [1.29, 1.82) is 0 Å². The molecule has 0 bridgehead atoms. The van der Waals surface area contributed by atoms with Crippen LogP contribution in [0.4, 0.5) is 11.4 Å². The van der Waals surface area contributed by atoms with E-state index < -0.39 is 10.8 Å². The van der Waals surface area contributed by atoms with Crippen LogP contribution < -0.4 is 16.4 Å². The number of nitrogens with two attached hydrogens (primary N) is 1. The Balaban J connectivity index is 2.00. The van der Waals surface area contributed by atoms with Crippen LogP contribution in [0.15, 0.2) is 18.2 Å². The van der Waals surface area contributed by atoms with Gasteiger partial charge in [-0.25, -0.2) is 0 Å². The number of amides is 1. The third-order valence-corrected chi connectivity index (χ3v) is 2.93. The molecule has 1 aliphatic carbocycles. The quantitative estimate of drug-likeness (QED) is 0.384. The number of rotatable bonds is 7. The molecule has 19 heavy (non-hydrogen) atoms. The molecule has 1 aromatic carbocycles. The van der Waals surface area contributed by atoms with Gasteiger partial charge in [-0.3, -0.25) is 14.9 Å². The highest BCUT2D eigenvalue weighted by Gasteiger charge is 2.20. The second-order valence-electron chi connectivity index (χ2n) is 4.51. The van der Waals surface area contributed by atoms with Gasteiger partial charge in [-0.2, -0.15) is 0 Å². The van der Waals surface area contributed by atoms with Crippen molar-refractivity contribution in [2.24, 2.45) is 5.73 Å². The molecular weight excluding hydrogens is 248 g/mol. The zero-order valence-corrected chi connectivity index (χ0v) is 10.4. The third kappa shape index (κ3) is 3.65.